The smallest absolute Gasteiger partial charge is 0.237 e. The molecule has 5 nitrogen and oxygen atoms in total. The zero-order valence-electron chi connectivity index (χ0n) is 10.9. The lowest BCUT2D eigenvalue weighted by atomic mass is 9.87. The highest BCUT2D eigenvalue weighted by Crippen LogP contribution is 2.33. The standard InChI is InChI=1S/C14H16N2O3/c1-4-12-13(9-15(2)18)16(14(12)17)10-5-7-11(19-3)8-6-10/h4-9,12-13H,1H2,2-3H3/b15-9-/t12-,13+/m1/s1. The van der Waals surface area contributed by atoms with Crippen LogP contribution in [0, 0.1) is 11.1 Å². The third-order valence-electron chi connectivity index (χ3n) is 3.16. The molecular weight excluding hydrogens is 244 g/mol. The maximum atomic E-state index is 12.0. The number of hydroxylamine groups is 1. The van der Waals surface area contributed by atoms with Crippen LogP contribution in [-0.2, 0) is 4.79 Å². The summed E-state index contributed by atoms with van der Waals surface area (Å²) in [5, 5.41) is 11.2. The Morgan fingerprint density at radius 1 is 1.42 bits per heavy atom. The predicted molar refractivity (Wildman–Crippen MR) is 73.6 cm³/mol. The van der Waals surface area contributed by atoms with Gasteiger partial charge in [0, 0.05) is 5.69 Å². The van der Waals surface area contributed by atoms with Crippen molar-refractivity contribution in [3.05, 3.63) is 42.1 Å². The Bertz CT molecular complexity index is 518. The van der Waals surface area contributed by atoms with Crippen LogP contribution in [0.5, 0.6) is 5.75 Å². The fourth-order valence-corrected chi connectivity index (χ4v) is 2.19. The van der Waals surface area contributed by atoms with E-state index in [1.807, 2.05) is 0 Å². The van der Waals surface area contributed by atoms with Crippen LogP contribution >= 0.6 is 0 Å². The number of amides is 1. The van der Waals surface area contributed by atoms with Crippen molar-refractivity contribution in [2.45, 2.75) is 6.04 Å². The molecule has 0 radical (unpaired) electrons. The summed E-state index contributed by atoms with van der Waals surface area (Å²) >= 11 is 0. The van der Waals surface area contributed by atoms with Gasteiger partial charge in [0.25, 0.3) is 0 Å². The zero-order valence-corrected chi connectivity index (χ0v) is 10.9. The first-order valence-corrected chi connectivity index (χ1v) is 5.93. The largest absolute Gasteiger partial charge is 0.624 e. The second-order valence-electron chi connectivity index (χ2n) is 4.35. The van der Waals surface area contributed by atoms with Crippen LogP contribution in [0.3, 0.4) is 0 Å². The minimum atomic E-state index is -0.335. The molecule has 0 unspecified atom stereocenters. The van der Waals surface area contributed by atoms with Crippen molar-refractivity contribution in [1.82, 2.24) is 0 Å². The highest BCUT2D eigenvalue weighted by Gasteiger charge is 2.47. The second-order valence-corrected chi connectivity index (χ2v) is 4.35. The van der Waals surface area contributed by atoms with E-state index in [0.29, 0.717) is 4.74 Å². The number of methoxy groups -OCH3 is 1. The first-order chi connectivity index (χ1) is 9.08. The molecule has 0 bridgehead atoms. The van der Waals surface area contributed by atoms with Gasteiger partial charge in [-0.15, -0.1) is 6.58 Å². The molecule has 2 rings (SSSR count). The van der Waals surface area contributed by atoms with Crippen molar-refractivity contribution >= 4 is 17.8 Å². The molecule has 1 aliphatic heterocycles. The van der Waals surface area contributed by atoms with E-state index in [4.69, 9.17) is 4.74 Å². The van der Waals surface area contributed by atoms with Crippen molar-refractivity contribution in [3.63, 3.8) is 0 Å². The Kier molecular flexibility index (Phi) is 3.55. The van der Waals surface area contributed by atoms with Crippen LogP contribution in [-0.4, -0.2) is 37.1 Å². The van der Waals surface area contributed by atoms with E-state index in [-0.39, 0.29) is 17.9 Å². The lowest BCUT2D eigenvalue weighted by Crippen LogP contribution is -2.62. The molecule has 1 aliphatic rings. The predicted octanol–water partition coefficient (Wildman–Crippen LogP) is 1.42. The van der Waals surface area contributed by atoms with Gasteiger partial charge in [-0.05, 0) is 24.3 Å². The maximum Gasteiger partial charge on any atom is 0.237 e. The van der Waals surface area contributed by atoms with E-state index in [2.05, 4.69) is 6.58 Å². The van der Waals surface area contributed by atoms with E-state index >= 15 is 0 Å². The van der Waals surface area contributed by atoms with Gasteiger partial charge in [0.2, 0.25) is 5.91 Å². The van der Waals surface area contributed by atoms with Crippen LogP contribution in [0.1, 0.15) is 0 Å². The minimum Gasteiger partial charge on any atom is -0.624 e. The van der Waals surface area contributed by atoms with Gasteiger partial charge >= 0.3 is 0 Å². The first kappa shape index (κ1) is 13.1. The fourth-order valence-electron chi connectivity index (χ4n) is 2.19. The van der Waals surface area contributed by atoms with Crippen molar-refractivity contribution in [1.29, 1.82) is 0 Å². The lowest BCUT2D eigenvalue weighted by molar-refractivity contribution is -0.419. The van der Waals surface area contributed by atoms with Gasteiger partial charge in [0.15, 0.2) is 6.21 Å². The molecule has 5 heteroatoms. The summed E-state index contributed by atoms with van der Waals surface area (Å²) in [6.07, 6.45) is 3.05. The van der Waals surface area contributed by atoms with Crippen LogP contribution < -0.4 is 9.64 Å². The van der Waals surface area contributed by atoms with Gasteiger partial charge in [-0.25, -0.2) is 4.74 Å². The van der Waals surface area contributed by atoms with Gasteiger partial charge in [0.1, 0.15) is 18.8 Å². The van der Waals surface area contributed by atoms with Crippen LogP contribution in [0.2, 0.25) is 0 Å². The number of ether oxygens (including phenoxy) is 1. The molecule has 2 atom stereocenters. The van der Waals surface area contributed by atoms with Gasteiger partial charge in [-0.2, -0.15) is 0 Å². The zero-order chi connectivity index (χ0) is 14.0. The number of carbonyl (C=O) groups is 1. The molecule has 1 aromatic rings. The van der Waals surface area contributed by atoms with E-state index in [1.54, 1.807) is 42.4 Å². The Labute approximate surface area is 112 Å². The number of β-lactam (4-membered cyclic amide) rings is 1. The summed E-state index contributed by atoms with van der Waals surface area (Å²) in [5.74, 6) is 0.334. The average molecular weight is 260 g/mol. The van der Waals surface area contributed by atoms with Gasteiger partial charge in [0.05, 0.1) is 13.0 Å². The van der Waals surface area contributed by atoms with Crippen molar-refractivity contribution < 1.29 is 14.3 Å². The molecule has 1 heterocycles. The highest BCUT2D eigenvalue weighted by molar-refractivity contribution is 6.09. The molecule has 1 fully saturated rings. The quantitative estimate of drug-likeness (QED) is 0.205. The average Bonchev–Trinajstić information content (AvgIpc) is 2.39. The number of nitrogens with zero attached hydrogens (tertiary/aromatic N) is 2. The summed E-state index contributed by atoms with van der Waals surface area (Å²) in [6.45, 7) is 3.64. The molecule has 0 spiro atoms. The summed E-state index contributed by atoms with van der Waals surface area (Å²) in [6, 6.07) is 6.87. The maximum absolute atomic E-state index is 12.0. The van der Waals surface area contributed by atoms with Gasteiger partial charge in [-0.1, -0.05) is 6.08 Å². The third-order valence-corrected chi connectivity index (χ3v) is 3.16. The molecule has 0 saturated carbocycles. The Balaban J connectivity index is 2.28. The van der Waals surface area contributed by atoms with E-state index in [1.165, 1.54) is 13.3 Å². The topological polar surface area (TPSA) is 55.6 Å². The number of rotatable bonds is 4. The molecule has 1 aromatic carbocycles. The molecule has 100 valence electrons. The van der Waals surface area contributed by atoms with Crippen LogP contribution in [0.4, 0.5) is 5.69 Å². The number of hydrogen-bond donors (Lipinski definition) is 0. The van der Waals surface area contributed by atoms with Crippen molar-refractivity contribution in [2.75, 3.05) is 19.1 Å². The lowest BCUT2D eigenvalue weighted by Gasteiger charge is -2.42. The number of benzene rings is 1. The normalized spacial score (nSPS) is 22.9. The summed E-state index contributed by atoms with van der Waals surface area (Å²) in [5.41, 5.74) is 0.743. The van der Waals surface area contributed by atoms with Gasteiger partial charge < -0.3 is 9.94 Å². The fraction of sp³-hybridized carbons (Fsp3) is 0.286. The van der Waals surface area contributed by atoms with Gasteiger partial charge in [-0.3, -0.25) is 9.69 Å². The highest BCUT2D eigenvalue weighted by atomic mass is 16.5. The first-order valence-electron chi connectivity index (χ1n) is 5.93. The monoisotopic (exact) mass is 260 g/mol. The Hall–Kier alpha value is -2.30. The van der Waals surface area contributed by atoms with Crippen LogP contribution in [0.15, 0.2) is 36.9 Å². The number of hydrogen-bond acceptors (Lipinski definition) is 3. The van der Waals surface area contributed by atoms with Crippen molar-refractivity contribution in [2.24, 2.45) is 5.92 Å². The van der Waals surface area contributed by atoms with E-state index < -0.39 is 0 Å². The van der Waals surface area contributed by atoms with E-state index in [0.717, 1.165) is 11.4 Å². The molecule has 1 amide bonds. The summed E-state index contributed by atoms with van der Waals surface area (Å²) in [7, 11) is 2.98. The molecule has 1 saturated heterocycles. The SMILES string of the molecule is C=C[C@H]1C(=O)N(c2ccc(OC)cc2)[C@H]1/C=[N+](/C)[O-]. The molecule has 0 N–H and O–H groups in total. The Morgan fingerprint density at radius 2 is 2.05 bits per heavy atom. The molecular formula is C14H16N2O3. The molecule has 0 aliphatic carbocycles. The van der Waals surface area contributed by atoms with Crippen LogP contribution in [0.25, 0.3) is 0 Å². The third kappa shape index (κ3) is 2.31. The second kappa shape index (κ2) is 5.14. The van der Waals surface area contributed by atoms with Crippen molar-refractivity contribution in [3.8, 4) is 5.75 Å². The number of anilines is 1. The summed E-state index contributed by atoms with van der Waals surface area (Å²) < 4.78 is 5.79. The van der Waals surface area contributed by atoms with E-state index in [9.17, 15) is 10.0 Å². The molecule has 0 aromatic heterocycles. The minimum absolute atomic E-state index is 0.0525. The summed E-state index contributed by atoms with van der Waals surface area (Å²) in [4.78, 5) is 13.6. The molecule has 19 heavy (non-hydrogen) atoms. The Morgan fingerprint density at radius 3 is 2.53 bits per heavy atom. The number of carbonyl (C=O) groups excluding carboxylic acids is 1.